The normalized spacial score (nSPS) is 10.8. The zero-order valence-electron chi connectivity index (χ0n) is 9.14. The molecule has 0 spiro atoms. The van der Waals surface area contributed by atoms with Gasteiger partial charge in [-0.1, -0.05) is 6.92 Å². The molecule has 0 amide bonds. The predicted molar refractivity (Wildman–Crippen MR) is 60.6 cm³/mol. The van der Waals surface area contributed by atoms with E-state index in [9.17, 15) is 8.78 Å². The number of aromatic nitrogens is 1. The fourth-order valence-electron chi connectivity index (χ4n) is 1.73. The van der Waals surface area contributed by atoms with Crippen LogP contribution in [0.3, 0.4) is 0 Å². The molecule has 0 bridgehead atoms. The van der Waals surface area contributed by atoms with Gasteiger partial charge in [-0.05, 0) is 18.1 Å². The Morgan fingerprint density at radius 3 is 2.62 bits per heavy atom. The van der Waals surface area contributed by atoms with Crippen LogP contribution in [-0.4, -0.2) is 12.0 Å². The van der Waals surface area contributed by atoms with Crippen molar-refractivity contribution in [1.29, 1.82) is 0 Å². The lowest BCUT2D eigenvalue weighted by Gasteiger charge is -2.08. The minimum absolute atomic E-state index is 0.332. The van der Waals surface area contributed by atoms with Crippen molar-refractivity contribution >= 4 is 16.7 Å². The first-order valence-electron chi connectivity index (χ1n) is 5.12. The van der Waals surface area contributed by atoms with Crippen molar-refractivity contribution in [3.8, 4) is 0 Å². The number of fused-ring (bicyclic) bond motifs is 1. The van der Waals surface area contributed by atoms with Crippen molar-refractivity contribution in [2.45, 2.75) is 13.3 Å². The number of rotatable bonds is 2. The van der Waals surface area contributed by atoms with Crippen LogP contribution < -0.4 is 5.32 Å². The third-order valence-corrected chi connectivity index (χ3v) is 2.55. The molecule has 0 aliphatic rings. The van der Waals surface area contributed by atoms with Gasteiger partial charge in [0.15, 0.2) is 0 Å². The van der Waals surface area contributed by atoms with E-state index in [0.717, 1.165) is 18.1 Å². The first-order chi connectivity index (χ1) is 7.65. The average Bonchev–Trinajstić information content (AvgIpc) is 2.27. The summed E-state index contributed by atoms with van der Waals surface area (Å²) in [6.07, 6.45) is 0.746. The lowest BCUT2D eigenvalue weighted by molar-refractivity contribution is 0.591. The summed E-state index contributed by atoms with van der Waals surface area (Å²) < 4.78 is 26.5. The number of halogens is 2. The highest BCUT2D eigenvalue weighted by molar-refractivity contribution is 5.82. The van der Waals surface area contributed by atoms with E-state index in [4.69, 9.17) is 0 Å². The number of nitrogens with one attached hydrogen (secondary N) is 1. The van der Waals surface area contributed by atoms with Crippen molar-refractivity contribution < 1.29 is 8.78 Å². The Kier molecular flexibility index (Phi) is 2.73. The number of hydrogen-bond donors (Lipinski definition) is 1. The van der Waals surface area contributed by atoms with Gasteiger partial charge in [0.05, 0.1) is 5.52 Å². The van der Waals surface area contributed by atoms with Gasteiger partial charge < -0.3 is 5.32 Å². The van der Waals surface area contributed by atoms with Crippen LogP contribution in [0.5, 0.6) is 0 Å². The molecule has 2 rings (SSSR count). The van der Waals surface area contributed by atoms with Gasteiger partial charge in [0.2, 0.25) is 0 Å². The monoisotopic (exact) mass is 222 g/mol. The molecule has 2 nitrogen and oxygen atoms in total. The molecule has 2 aromatic rings. The van der Waals surface area contributed by atoms with E-state index in [-0.39, 0.29) is 0 Å². The van der Waals surface area contributed by atoms with E-state index in [0.29, 0.717) is 16.7 Å². The number of benzene rings is 1. The van der Waals surface area contributed by atoms with Gasteiger partial charge in [-0.25, -0.2) is 13.8 Å². The van der Waals surface area contributed by atoms with Crippen molar-refractivity contribution in [2.75, 3.05) is 12.4 Å². The van der Waals surface area contributed by atoms with Crippen LogP contribution in [0, 0.1) is 11.6 Å². The minimum atomic E-state index is -0.608. The zero-order chi connectivity index (χ0) is 11.7. The minimum Gasteiger partial charge on any atom is -0.373 e. The SMILES string of the molecule is CCc1cc2c(F)cc(F)cc2nc1NC. The van der Waals surface area contributed by atoms with Crippen molar-refractivity contribution in [2.24, 2.45) is 0 Å². The number of anilines is 1. The van der Waals surface area contributed by atoms with Crippen molar-refractivity contribution in [3.05, 3.63) is 35.4 Å². The number of hydrogen-bond acceptors (Lipinski definition) is 2. The molecular formula is C12H12F2N2. The molecule has 0 atom stereocenters. The van der Waals surface area contributed by atoms with Crippen LogP contribution >= 0.6 is 0 Å². The Labute approximate surface area is 92.3 Å². The molecule has 0 fully saturated rings. The Balaban J connectivity index is 2.78. The Morgan fingerprint density at radius 1 is 1.25 bits per heavy atom. The van der Waals surface area contributed by atoms with Crippen molar-refractivity contribution in [1.82, 2.24) is 4.98 Å². The molecule has 0 saturated carbocycles. The number of pyridine rings is 1. The first-order valence-corrected chi connectivity index (χ1v) is 5.12. The quantitative estimate of drug-likeness (QED) is 0.844. The van der Waals surface area contributed by atoms with E-state index in [2.05, 4.69) is 10.3 Å². The Bertz CT molecular complexity index is 538. The van der Waals surface area contributed by atoms with Crippen LogP contribution in [0.1, 0.15) is 12.5 Å². The summed E-state index contributed by atoms with van der Waals surface area (Å²) in [6.45, 7) is 1.96. The molecule has 1 N–H and O–H groups in total. The number of nitrogens with zero attached hydrogens (tertiary/aromatic N) is 1. The molecule has 0 aliphatic heterocycles. The maximum atomic E-state index is 13.5. The number of aryl methyl sites for hydroxylation is 1. The average molecular weight is 222 g/mol. The van der Waals surface area contributed by atoms with Gasteiger partial charge in [-0.3, -0.25) is 0 Å². The fraction of sp³-hybridized carbons (Fsp3) is 0.250. The molecule has 1 aromatic carbocycles. The van der Waals surface area contributed by atoms with Crippen LogP contribution in [0.2, 0.25) is 0 Å². The van der Waals surface area contributed by atoms with E-state index < -0.39 is 11.6 Å². The highest BCUT2D eigenvalue weighted by Gasteiger charge is 2.09. The second-order valence-corrected chi connectivity index (χ2v) is 3.55. The van der Waals surface area contributed by atoms with Gasteiger partial charge >= 0.3 is 0 Å². The lowest BCUT2D eigenvalue weighted by Crippen LogP contribution is -1.99. The zero-order valence-corrected chi connectivity index (χ0v) is 9.14. The summed E-state index contributed by atoms with van der Waals surface area (Å²) in [5.74, 6) is -0.511. The highest BCUT2D eigenvalue weighted by Crippen LogP contribution is 2.23. The van der Waals surface area contributed by atoms with Crippen LogP contribution in [0.25, 0.3) is 10.9 Å². The Hall–Kier alpha value is -1.71. The van der Waals surface area contributed by atoms with E-state index in [1.165, 1.54) is 6.07 Å². The fourth-order valence-corrected chi connectivity index (χ4v) is 1.73. The predicted octanol–water partition coefficient (Wildman–Crippen LogP) is 3.12. The summed E-state index contributed by atoms with van der Waals surface area (Å²) >= 11 is 0. The smallest absolute Gasteiger partial charge is 0.135 e. The summed E-state index contributed by atoms with van der Waals surface area (Å²) in [5, 5.41) is 3.28. The van der Waals surface area contributed by atoms with Crippen LogP contribution in [0.15, 0.2) is 18.2 Å². The molecule has 4 heteroatoms. The van der Waals surface area contributed by atoms with Gasteiger partial charge in [0.25, 0.3) is 0 Å². The third kappa shape index (κ3) is 1.71. The van der Waals surface area contributed by atoms with Crippen molar-refractivity contribution in [3.63, 3.8) is 0 Å². The van der Waals surface area contributed by atoms with Gasteiger partial charge in [0, 0.05) is 24.6 Å². The van der Waals surface area contributed by atoms with Crippen LogP contribution in [-0.2, 0) is 6.42 Å². The topological polar surface area (TPSA) is 24.9 Å². The van der Waals surface area contributed by atoms with E-state index in [1.807, 2.05) is 6.92 Å². The second-order valence-electron chi connectivity index (χ2n) is 3.55. The van der Waals surface area contributed by atoms with Crippen LogP contribution in [0.4, 0.5) is 14.6 Å². The molecule has 0 unspecified atom stereocenters. The summed E-state index contributed by atoms with van der Waals surface area (Å²) in [6, 6.07) is 3.82. The third-order valence-electron chi connectivity index (χ3n) is 2.55. The van der Waals surface area contributed by atoms with E-state index in [1.54, 1.807) is 13.1 Å². The Morgan fingerprint density at radius 2 is 2.00 bits per heavy atom. The van der Waals surface area contributed by atoms with Gasteiger partial charge in [0.1, 0.15) is 17.5 Å². The molecular weight excluding hydrogens is 210 g/mol. The lowest BCUT2D eigenvalue weighted by atomic mass is 10.1. The van der Waals surface area contributed by atoms with E-state index >= 15 is 0 Å². The molecule has 84 valence electrons. The summed E-state index contributed by atoms with van der Waals surface area (Å²) in [5.41, 5.74) is 1.25. The molecule has 1 heterocycles. The maximum absolute atomic E-state index is 13.5. The second kappa shape index (κ2) is 4.04. The first kappa shape index (κ1) is 10.8. The molecule has 0 saturated heterocycles. The molecule has 1 aromatic heterocycles. The molecule has 0 radical (unpaired) electrons. The summed E-state index contributed by atoms with van der Waals surface area (Å²) in [4.78, 5) is 4.20. The van der Waals surface area contributed by atoms with Gasteiger partial charge in [-0.15, -0.1) is 0 Å². The standard InChI is InChI=1S/C12H12F2N2/c1-3-7-4-9-10(14)5-8(13)6-11(9)16-12(7)15-2/h4-6H,3H2,1-2H3,(H,15,16). The highest BCUT2D eigenvalue weighted by atomic mass is 19.1. The summed E-state index contributed by atoms with van der Waals surface area (Å²) in [7, 11) is 1.74. The molecule has 0 aliphatic carbocycles. The molecule has 16 heavy (non-hydrogen) atoms. The van der Waals surface area contributed by atoms with Gasteiger partial charge in [-0.2, -0.15) is 0 Å². The largest absolute Gasteiger partial charge is 0.373 e. The maximum Gasteiger partial charge on any atom is 0.135 e.